The van der Waals surface area contributed by atoms with E-state index in [-0.39, 0.29) is 5.95 Å². The van der Waals surface area contributed by atoms with Crippen molar-refractivity contribution in [2.75, 3.05) is 5.73 Å². The van der Waals surface area contributed by atoms with Gasteiger partial charge in [0.05, 0.1) is 10.9 Å². The zero-order valence-electron chi connectivity index (χ0n) is 10.6. The first kappa shape index (κ1) is 12.7. The van der Waals surface area contributed by atoms with E-state index in [4.69, 9.17) is 22.1 Å². The summed E-state index contributed by atoms with van der Waals surface area (Å²) in [6.07, 6.45) is 0. The van der Waals surface area contributed by atoms with Crippen LogP contribution in [0.15, 0.2) is 48.5 Å². The van der Waals surface area contributed by atoms with Crippen molar-refractivity contribution < 1.29 is 4.74 Å². The smallest absolute Gasteiger partial charge is 0.226 e. The Morgan fingerprint density at radius 1 is 1.00 bits per heavy atom. The van der Waals surface area contributed by atoms with Crippen LogP contribution in [0, 0.1) is 0 Å². The SMILES string of the molecule is Nc1nc(OCc2ccccc2Cl)c2ccccc2n1. The Morgan fingerprint density at radius 3 is 2.60 bits per heavy atom. The molecule has 0 bridgehead atoms. The lowest BCUT2D eigenvalue weighted by molar-refractivity contribution is 0.298. The Kier molecular flexibility index (Phi) is 3.39. The molecule has 0 amide bonds. The minimum absolute atomic E-state index is 0.192. The fourth-order valence-electron chi connectivity index (χ4n) is 1.94. The molecule has 4 nitrogen and oxygen atoms in total. The number of aromatic nitrogens is 2. The molecule has 2 N–H and O–H groups in total. The van der Waals surface area contributed by atoms with Crippen molar-refractivity contribution in [1.29, 1.82) is 0 Å². The number of nitrogen functional groups attached to an aromatic ring is 1. The monoisotopic (exact) mass is 285 g/mol. The summed E-state index contributed by atoms with van der Waals surface area (Å²) in [4.78, 5) is 8.32. The highest BCUT2D eigenvalue weighted by atomic mass is 35.5. The summed E-state index contributed by atoms with van der Waals surface area (Å²) in [7, 11) is 0. The summed E-state index contributed by atoms with van der Waals surface area (Å²) >= 11 is 6.10. The number of anilines is 1. The zero-order valence-corrected chi connectivity index (χ0v) is 11.3. The molecule has 2 aromatic carbocycles. The van der Waals surface area contributed by atoms with Crippen molar-refractivity contribution in [2.45, 2.75) is 6.61 Å². The first-order valence-electron chi connectivity index (χ1n) is 6.12. The van der Waals surface area contributed by atoms with Crippen LogP contribution >= 0.6 is 11.6 Å². The van der Waals surface area contributed by atoms with Crippen LogP contribution in [0.25, 0.3) is 10.9 Å². The van der Waals surface area contributed by atoms with Crippen molar-refractivity contribution in [3.8, 4) is 5.88 Å². The zero-order chi connectivity index (χ0) is 13.9. The van der Waals surface area contributed by atoms with Crippen LogP contribution in [-0.4, -0.2) is 9.97 Å². The van der Waals surface area contributed by atoms with Crippen LogP contribution in [0.3, 0.4) is 0 Å². The molecule has 20 heavy (non-hydrogen) atoms. The fraction of sp³-hybridized carbons (Fsp3) is 0.0667. The second kappa shape index (κ2) is 5.35. The molecule has 0 fully saturated rings. The van der Waals surface area contributed by atoms with E-state index in [1.54, 1.807) is 0 Å². The third-order valence-electron chi connectivity index (χ3n) is 2.91. The summed E-state index contributed by atoms with van der Waals surface area (Å²) in [5.74, 6) is 0.658. The lowest BCUT2D eigenvalue weighted by Gasteiger charge is -2.09. The fourth-order valence-corrected chi connectivity index (χ4v) is 2.13. The first-order chi connectivity index (χ1) is 9.74. The van der Waals surface area contributed by atoms with E-state index in [0.717, 1.165) is 16.5 Å². The normalized spacial score (nSPS) is 10.7. The summed E-state index contributed by atoms with van der Waals surface area (Å²) < 4.78 is 5.75. The van der Waals surface area contributed by atoms with Crippen molar-refractivity contribution in [3.05, 3.63) is 59.1 Å². The molecule has 1 aromatic heterocycles. The average molecular weight is 286 g/mol. The van der Waals surface area contributed by atoms with E-state index in [0.29, 0.717) is 17.5 Å². The molecule has 5 heteroatoms. The molecule has 3 rings (SSSR count). The third kappa shape index (κ3) is 2.51. The molecule has 100 valence electrons. The second-order valence-electron chi connectivity index (χ2n) is 4.28. The molecular weight excluding hydrogens is 274 g/mol. The van der Waals surface area contributed by atoms with Gasteiger partial charge in [-0.3, -0.25) is 0 Å². The second-order valence-corrected chi connectivity index (χ2v) is 4.69. The van der Waals surface area contributed by atoms with E-state index >= 15 is 0 Å². The molecule has 0 saturated carbocycles. The summed E-state index contributed by atoms with van der Waals surface area (Å²) in [6, 6.07) is 15.1. The number of para-hydroxylation sites is 1. The van der Waals surface area contributed by atoms with Crippen LogP contribution in [0.4, 0.5) is 5.95 Å². The number of nitrogens with zero attached hydrogens (tertiary/aromatic N) is 2. The molecule has 0 atom stereocenters. The molecule has 0 aliphatic heterocycles. The van der Waals surface area contributed by atoms with Crippen LogP contribution in [0.2, 0.25) is 5.02 Å². The molecule has 0 saturated heterocycles. The molecular formula is C15H12ClN3O. The van der Waals surface area contributed by atoms with Crippen molar-refractivity contribution in [2.24, 2.45) is 0 Å². The summed E-state index contributed by atoms with van der Waals surface area (Å²) in [5, 5.41) is 1.49. The highest BCUT2D eigenvalue weighted by Gasteiger charge is 2.08. The third-order valence-corrected chi connectivity index (χ3v) is 3.28. The number of benzene rings is 2. The molecule has 0 radical (unpaired) electrons. The van der Waals surface area contributed by atoms with E-state index in [1.165, 1.54) is 0 Å². The van der Waals surface area contributed by atoms with E-state index in [1.807, 2.05) is 48.5 Å². The number of hydrogen-bond acceptors (Lipinski definition) is 4. The maximum absolute atomic E-state index is 6.10. The minimum atomic E-state index is 0.192. The van der Waals surface area contributed by atoms with Crippen LogP contribution < -0.4 is 10.5 Å². The molecule has 0 aliphatic carbocycles. The Balaban J connectivity index is 1.93. The predicted octanol–water partition coefficient (Wildman–Crippen LogP) is 3.44. The Morgan fingerprint density at radius 2 is 1.75 bits per heavy atom. The lowest BCUT2D eigenvalue weighted by atomic mass is 10.2. The van der Waals surface area contributed by atoms with Crippen molar-refractivity contribution in [1.82, 2.24) is 9.97 Å². The van der Waals surface area contributed by atoms with E-state index in [9.17, 15) is 0 Å². The average Bonchev–Trinajstić information content (AvgIpc) is 2.46. The topological polar surface area (TPSA) is 61.0 Å². The maximum atomic E-state index is 6.10. The minimum Gasteiger partial charge on any atom is -0.472 e. The van der Waals surface area contributed by atoms with Gasteiger partial charge in [0.2, 0.25) is 11.8 Å². The van der Waals surface area contributed by atoms with Crippen molar-refractivity contribution in [3.63, 3.8) is 0 Å². The molecule has 1 heterocycles. The maximum Gasteiger partial charge on any atom is 0.226 e. The van der Waals surface area contributed by atoms with Gasteiger partial charge in [-0.25, -0.2) is 4.98 Å². The summed E-state index contributed by atoms with van der Waals surface area (Å²) in [5.41, 5.74) is 7.35. The number of rotatable bonds is 3. The van der Waals surface area contributed by atoms with Gasteiger partial charge in [0.15, 0.2) is 0 Å². The largest absolute Gasteiger partial charge is 0.472 e. The van der Waals surface area contributed by atoms with Gasteiger partial charge in [-0.15, -0.1) is 0 Å². The molecule has 0 unspecified atom stereocenters. The van der Waals surface area contributed by atoms with Gasteiger partial charge in [-0.05, 0) is 18.2 Å². The van der Waals surface area contributed by atoms with Crippen LogP contribution in [0.5, 0.6) is 5.88 Å². The van der Waals surface area contributed by atoms with E-state index in [2.05, 4.69) is 9.97 Å². The lowest BCUT2D eigenvalue weighted by Crippen LogP contribution is -2.02. The Labute approximate surface area is 121 Å². The molecule has 0 aliphatic rings. The number of ether oxygens (including phenoxy) is 1. The van der Waals surface area contributed by atoms with Gasteiger partial charge in [-0.1, -0.05) is 41.9 Å². The van der Waals surface area contributed by atoms with Gasteiger partial charge < -0.3 is 10.5 Å². The highest BCUT2D eigenvalue weighted by Crippen LogP contribution is 2.24. The number of nitrogens with two attached hydrogens (primary N) is 1. The number of hydrogen-bond donors (Lipinski definition) is 1. The highest BCUT2D eigenvalue weighted by molar-refractivity contribution is 6.31. The Bertz CT molecular complexity index is 761. The van der Waals surface area contributed by atoms with Crippen molar-refractivity contribution >= 4 is 28.5 Å². The standard InChI is InChI=1S/C15H12ClN3O/c16-12-7-3-1-5-10(12)9-20-14-11-6-2-4-8-13(11)18-15(17)19-14/h1-8H,9H2,(H2,17,18,19). The first-order valence-corrected chi connectivity index (χ1v) is 6.50. The van der Waals surface area contributed by atoms with Crippen LogP contribution in [-0.2, 0) is 6.61 Å². The summed E-state index contributed by atoms with van der Waals surface area (Å²) in [6.45, 7) is 0.333. The van der Waals surface area contributed by atoms with Gasteiger partial charge >= 0.3 is 0 Å². The van der Waals surface area contributed by atoms with Gasteiger partial charge in [0, 0.05) is 10.6 Å². The number of halogens is 1. The predicted molar refractivity (Wildman–Crippen MR) is 79.7 cm³/mol. The molecule has 0 spiro atoms. The van der Waals surface area contributed by atoms with Crippen LogP contribution in [0.1, 0.15) is 5.56 Å². The Hall–Kier alpha value is -2.33. The molecule has 3 aromatic rings. The number of fused-ring (bicyclic) bond motifs is 1. The quantitative estimate of drug-likeness (QED) is 0.801. The van der Waals surface area contributed by atoms with E-state index < -0.39 is 0 Å². The van der Waals surface area contributed by atoms with Gasteiger partial charge in [-0.2, -0.15) is 4.98 Å². The van der Waals surface area contributed by atoms with Gasteiger partial charge in [0.1, 0.15) is 6.61 Å². The van der Waals surface area contributed by atoms with Gasteiger partial charge in [0.25, 0.3) is 0 Å².